The minimum Gasteiger partial charge on any atom is -0.334 e. The number of carbonyl (C=O) groups excluding carboxylic acids is 1. The van der Waals surface area contributed by atoms with Crippen LogP contribution in [0.25, 0.3) is 22.8 Å². The maximum atomic E-state index is 13.0. The number of aromatic nitrogens is 3. The maximum Gasteiger partial charge on any atom is 0.259 e. The summed E-state index contributed by atoms with van der Waals surface area (Å²) in [4.78, 5) is 21.7. The summed E-state index contributed by atoms with van der Waals surface area (Å²) < 4.78 is 21.6. The molecule has 0 radical (unpaired) electrons. The van der Waals surface area contributed by atoms with Crippen LogP contribution in [0.4, 0.5) is 15.8 Å². The molecule has 1 amide bonds. The molecular weight excluding hydrogens is 441 g/mol. The zero-order valence-electron chi connectivity index (χ0n) is 18.1. The normalized spacial score (nSPS) is 11.2. The van der Waals surface area contributed by atoms with Crippen molar-refractivity contribution in [1.29, 1.82) is 0 Å². The Kier molecular flexibility index (Phi) is 6.69. The summed E-state index contributed by atoms with van der Waals surface area (Å²) in [6, 6.07) is 18.7. The van der Waals surface area contributed by atoms with Gasteiger partial charge in [-0.05, 0) is 80.4 Å². The average molecular weight is 464 g/mol. The molecule has 2 N–H and O–H groups in total. The number of pyridine rings is 1. The van der Waals surface area contributed by atoms with E-state index in [-0.39, 0.29) is 5.91 Å². The summed E-state index contributed by atoms with van der Waals surface area (Å²) in [5.41, 5.74) is 1.93. The molecule has 0 spiro atoms. The summed E-state index contributed by atoms with van der Waals surface area (Å²) in [6.45, 7) is 2.41. The lowest BCUT2D eigenvalue weighted by Gasteiger charge is -2.19. The van der Waals surface area contributed by atoms with Gasteiger partial charge in [-0.1, -0.05) is 11.2 Å². The molecule has 0 bridgehead atoms. The second-order valence-corrected chi connectivity index (χ2v) is 8.83. The number of alkyl halides is 1. The number of hydrogen-bond acceptors (Lipinski definition) is 7. The van der Waals surface area contributed by atoms with Crippen LogP contribution in [-0.4, -0.2) is 27.7 Å². The van der Waals surface area contributed by atoms with Crippen molar-refractivity contribution >= 4 is 29.2 Å². The molecular formula is C24H22FN5O2S. The first-order valence-corrected chi connectivity index (χ1v) is 11.0. The molecule has 2 aromatic carbocycles. The van der Waals surface area contributed by atoms with Crippen LogP contribution in [0.5, 0.6) is 0 Å². The molecule has 168 valence electrons. The van der Waals surface area contributed by atoms with Crippen LogP contribution >= 0.6 is 11.9 Å². The van der Waals surface area contributed by atoms with E-state index in [1.54, 1.807) is 38.4 Å². The molecule has 33 heavy (non-hydrogen) atoms. The van der Waals surface area contributed by atoms with Crippen molar-refractivity contribution in [3.63, 3.8) is 0 Å². The second-order valence-electron chi connectivity index (χ2n) is 7.95. The first-order chi connectivity index (χ1) is 15.9. The van der Waals surface area contributed by atoms with Gasteiger partial charge in [0.1, 0.15) is 6.67 Å². The number of nitrogens with zero attached hydrogens (tertiary/aromatic N) is 3. The Morgan fingerprint density at radius 3 is 2.58 bits per heavy atom. The second kappa shape index (κ2) is 9.83. The van der Waals surface area contributed by atoms with Gasteiger partial charge >= 0.3 is 0 Å². The van der Waals surface area contributed by atoms with Crippen molar-refractivity contribution in [2.45, 2.75) is 18.7 Å². The van der Waals surface area contributed by atoms with Gasteiger partial charge in [-0.3, -0.25) is 9.78 Å². The van der Waals surface area contributed by atoms with E-state index in [2.05, 4.69) is 25.2 Å². The first-order valence-electron chi connectivity index (χ1n) is 10.2. The molecule has 9 heteroatoms. The van der Waals surface area contributed by atoms with Gasteiger partial charge < -0.3 is 14.6 Å². The monoisotopic (exact) mass is 463 g/mol. The topological polar surface area (TPSA) is 92.9 Å². The molecule has 0 saturated carbocycles. The number of rotatable bonds is 8. The smallest absolute Gasteiger partial charge is 0.259 e. The maximum absolute atomic E-state index is 13.0. The minimum atomic E-state index is -1.07. The third-order valence-electron chi connectivity index (χ3n) is 4.80. The fraction of sp³-hybridized carbons (Fsp3) is 0.167. The van der Waals surface area contributed by atoms with Gasteiger partial charge in [0.05, 0.1) is 11.0 Å². The molecule has 2 aromatic heterocycles. The predicted molar refractivity (Wildman–Crippen MR) is 127 cm³/mol. The fourth-order valence-electron chi connectivity index (χ4n) is 2.76. The third kappa shape index (κ3) is 5.56. The van der Waals surface area contributed by atoms with Gasteiger partial charge in [0, 0.05) is 34.2 Å². The van der Waals surface area contributed by atoms with E-state index in [0.29, 0.717) is 17.4 Å². The molecule has 2 heterocycles. The van der Waals surface area contributed by atoms with Crippen LogP contribution in [0, 0.1) is 5.41 Å². The van der Waals surface area contributed by atoms with Gasteiger partial charge in [0.15, 0.2) is 0 Å². The highest BCUT2D eigenvalue weighted by Crippen LogP contribution is 2.27. The van der Waals surface area contributed by atoms with Crippen LogP contribution in [0.3, 0.4) is 0 Å². The van der Waals surface area contributed by atoms with Crippen LogP contribution in [0.15, 0.2) is 82.5 Å². The highest BCUT2D eigenvalue weighted by Gasteiger charge is 2.27. The molecule has 7 nitrogen and oxygen atoms in total. The van der Waals surface area contributed by atoms with Crippen molar-refractivity contribution in [1.82, 2.24) is 15.1 Å². The van der Waals surface area contributed by atoms with Crippen LogP contribution in [0.2, 0.25) is 0 Å². The van der Waals surface area contributed by atoms with Gasteiger partial charge in [0.2, 0.25) is 11.7 Å². The number of hydrogen-bond donors (Lipinski definition) is 2. The highest BCUT2D eigenvalue weighted by molar-refractivity contribution is 8.00. The summed E-state index contributed by atoms with van der Waals surface area (Å²) in [5, 5.41) is 6.80. The Hall–Kier alpha value is -3.72. The minimum absolute atomic E-state index is 0.362. The zero-order valence-corrected chi connectivity index (χ0v) is 18.9. The summed E-state index contributed by atoms with van der Waals surface area (Å²) in [5.74, 6) is 0.552. The number of anilines is 2. The third-order valence-corrected chi connectivity index (χ3v) is 5.65. The summed E-state index contributed by atoms with van der Waals surface area (Å²) in [6.07, 6.45) is 3.36. The van der Waals surface area contributed by atoms with Gasteiger partial charge in [-0.15, -0.1) is 0 Å². The van der Waals surface area contributed by atoms with Gasteiger partial charge in [-0.2, -0.15) is 4.98 Å². The molecule has 0 fully saturated rings. The van der Waals surface area contributed by atoms with Crippen molar-refractivity contribution in [2.75, 3.05) is 16.7 Å². The summed E-state index contributed by atoms with van der Waals surface area (Å²) in [7, 11) is 0. The zero-order chi connectivity index (χ0) is 23.3. The number of nitrogens with one attached hydrogen (secondary N) is 2. The van der Waals surface area contributed by atoms with Crippen molar-refractivity contribution in [2.24, 2.45) is 5.41 Å². The lowest BCUT2D eigenvalue weighted by atomic mass is 9.94. The van der Waals surface area contributed by atoms with Gasteiger partial charge in [0.25, 0.3) is 5.89 Å². The summed E-state index contributed by atoms with van der Waals surface area (Å²) >= 11 is 1.42. The SMILES string of the molecule is CC(C)(CF)C(=O)Nc1cccc(NSc2ccc(-c3noc(-c4cccnc4)n3)cc2)c1. The molecule has 4 rings (SSSR count). The van der Waals surface area contributed by atoms with E-state index >= 15 is 0 Å². The molecule has 0 atom stereocenters. The predicted octanol–water partition coefficient (Wildman–Crippen LogP) is 5.85. The van der Waals surface area contributed by atoms with Crippen molar-refractivity contribution < 1.29 is 13.7 Å². The van der Waals surface area contributed by atoms with Crippen molar-refractivity contribution in [3.05, 3.63) is 73.1 Å². The van der Waals surface area contributed by atoms with Crippen molar-refractivity contribution in [3.8, 4) is 22.8 Å². The number of halogens is 1. The Morgan fingerprint density at radius 2 is 1.85 bits per heavy atom. The molecule has 0 aliphatic heterocycles. The standard InChI is InChI=1S/C24H22FN5O2S/c1-24(2,15-25)23(31)27-18-6-3-7-19(13-18)30-33-20-10-8-16(9-11-20)21-28-22(32-29-21)17-5-4-12-26-14-17/h3-14,30H,15H2,1-2H3,(H,27,31). The van der Waals surface area contributed by atoms with E-state index in [9.17, 15) is 9.18 Å². The number of amides is 1. The Morgan fingerprint density at radius 1 is 1.06 bits per heavy atom. The van der Waals surface area contributed by atoms with E-state index in [1.165, 1.54) is 11.9 Å². The quantitative estimate of drug-likeness (QED) is 0.317. The average Bonchev–Trinajstić information content (AvgIpc) is 3.34. The number of benzene rings is 2. The highest BCUT2D eigenvalue weighted by atomic mass is 32.2. The van der Waals surface area contributed by atoms with Crippen LogP contribution < -0.4 is 10.0 Å². The Labute approximate surface area is 195 Å². The molecule has 0 unspecified atom stereocenters. The molecule has 0 aliphatic carbocycles. The molecule has 0 saturated heterocycles. The lowest BCUT2D eigenvalue weighted by Crippen LogP contribution is -2.32. The number of carbonyl (C=O) groups is 1. The molecule has 0 aliphatic rings. The lowest BCUT2D eigenvalue weighted by molar-refractivity contribution is -0.124. The van der Waals surface area contributed by atoms with E-state index < -0.39 is 12.1 Å². The fourth-order valence-corrected chi connectivity index (χ4v) is 3.39. The Bertz CT molecular complexity index is 1230. The van der Waals surface area contributed by atoms with Crippen LogP contribution in [-0.2, 0) is 4.79 Å². The van der Waals surface area contributed by atoms with Gasteiger partial charge in [-0.25, -0.2) is 4.39 Å². The first kappa shape index (κ1) is 22.5. The molecule has 4 aromatic rings. The van der Waals surface area contributed by atoms with E-state index in [0.717, 1.165) is 21.7 Å². The van der Waals surface area contributed by atoms with Crippen LogP contribution in [0.1, 0.15) is 13.8 Å². The Balaban J connectivity index is 1.37. The van der Waals surface area contributed by atoms with E-state index in [4.69, 9.17) is 4.52 Å². The van der Waals surface area contributed by atoms with E-state index in [1.807, 2.05) is 48.5 Å². The largest absolute Gasteiger partial charge is 0.334 e.